The van der Waals surface area contributed by atoms with Gasteiger partial charge in [-0.2, -0.15) is 13.9 Å². The summed E-state index contributed by atoms with van der Waals surface area (Å²) in [6.45, 7) is 9.51. The highest BCUT2D eigenvalue weighted by Crippen LogP contribution is 2.43. The lowest BCUT2D eigenvalue weighted by atomic mass is 10.1. The average molecular weight is 502 g/mol. The van der Waals surface area contributed by atoms with Gasteiger partial charge in [0.15, 0.2) is 12.0 Å². The van der Waals surface area contributed by atoms with Gasteiger partial charge >= 0.3 is 12.3 Å². The highest BCUT2D eigenvalue weighted by molar-refractivity contribution is 8.00. The third-order valence-electron chi connectivity index (χ3n) is 4.35. The fourth-order valence-corrected chi connectivity index (χ4v) is 4.70. The normalized spacial score (nSPS) is 12.3. The molecule has 0 amide bonds. The van der Waals surface area contributed by atoms with Gasteiger partial charge in [0.25, 0.3) is 0 Å². The number of alkyl halides is 2. The Kier molecular flexibility index (Phi) is 8.77. The number of halogens is 2. The molecule has 0 aliphatic heterocycles. The van der Waals surface area contributed by atoms with E-state index in [1.165, 1.54) is 28.6 Å². The van der Waals surface area contributed by atoms with Crippen LogP contribution in [0.4, 0.5) is 14.5 Å². The van der Waals surface area contributed by atoms with Crippen LogP contribution in [0.3, 0.4) is 0 Å². The monoisotopic (exact) mass is 501 g/mol. The van der Waals surface area contributed by atoms with E-state index in [4.69, 9.17) is 4.74 Å². The zero-order valence-electron chi connectivity index (χ0n) is 19.6. The Bertz CT molecular complexity index is 1000. The number of hydrogen-bond acceptors (Lipinski definition) is 7. The summed E-state index contributed by atoms with van der Waals surface area (Å²) in [5, 5.41) is 15.8. The molecule has 1 heterocycles. The van der Waals surface area contributed by atoms with Crippen molar-refractivity contribution in [3.63, 3.8) is 0 Å². The standard InChI is InChI=1S/C21H29F2N3O5SSi/c1-21(2,3)32-18-10-15(17(31-20(22)23)9-14(18)12-27)19-16(26(28)29)11-24-25(19)13-30-7-8-33(4,5)6/h9-12,20H,7-8,13H2,1-6H3. The third kappa shape index (κ3) is 7.90. The number of thioether (sulfide) groups is 1. The molecule has 0 atom stereocenters. The molecule has 0 spiro atoms. The van der Waals surface area contributed by atoms with E-state index < -0.39 is 19.6 Å². The van der Waals surface area contributed by atoms with Crippen LogP contribution in [0.2, 0.25) is 25.7 Å². The second kappa shape index (κ2) is 10.7. The first-order valence-electron chi connectivity index (χ1n) is 10.3. The van der Waals surface area contributed by atoms with E-state index >= 15 is 0 Å². The molecule has 0 saturated heterocycles. The van der Waals surface area contributed by atoms with Crippen molar-refractivity contribution in [1.29, 1.82) is 0 Å². The maximum Gasteiger partial charge on any atom is 0.387 e. The van der Waals surface area contributed by atoms with Crippen LogP contribution in [0.5, 0.6) is 5.75 Å². The molecular weight excluding hydrogens is 472 g/mol. The largest absolute Gasteiger partial charge is 0.434 e. The van der Waals surface area contributed by atoms with Crippen molar-refractivity contribution in [2.24, 2.45) is 0 Å². The Hall–Kier alpha value is -2.31. The van der Waals surface area contributed by atoms with E-state index in [1.807, 2.05) is 20.8 Å². The number of carbonyl (C=O) groups is 1. The highest BCUT2D eigenvalue weighted by Gasteiger charge is 2.28. The van der Waals surface area contributed by atoms with Gasteiger partial charge in [-0.1, -0.05) is 40.4 Å². The first-order chi connectivity index (χ1) is 15.2. The molecule has 0 N–H and O–H groups in total. The Balaban J connectivity index is 2.61. The van der Waals surface area contributed by atoms with Crippen LogP contribution >= 0.6 is 11.8 Å². The first kappa shape index (κ1) is 26.9. The third-order valence-corrected chi connectivity index (χ3v) is 7.24. The van der Waals surface area contributed by atoms with Crippen LogP contribution in [0.15, 0.2) is 23.2 Å². The number of aldehydes is 1. The zero-order chi connectivity index (χ0) is 25.0. The van der Waals surface area contributed by atoms with Crippen molar-refractivity contribution in [2.45, 2.75) is 69.4 Å². The molecule has 33 heavy (non-hydrogen) atoms. The fourth-order valence-electron chi connectivity index (χ4n) is 2.88. The van der Waals surface area contributed by atoms with E-state index in [9.17, 15) is 23.7 Å². The molecule has 2 rings (SSSR count). The van der Waals surface area contributed by atoms with Crippen molar-refractivity contribution >= 4 is 31.8 Å². The van der Waals surface area contributed by atoms with Gasteiger partial charge in [0.05, 0.1) is 10.5 Å². The SMILES string of the molecule is CC(C)(C)Sc1cc(-c2c([N+](=O)[O-])cnn2COCC[Si](C)(C)C)c(OC(F)F)cc1C=O. The number of hydrogen-bond donors (Lipinski definition) is 0. The van der Waals surface area contributed by atoms with Crippen molar-refractivity contribution in [3.05, 3.63) is 34.0 Å². The average Bonchev–Trinajstić information content (AvgIpc) is 3.07. The smallest absolute Gasteiger partial charge is 0.387 e. The predicted molar refractivity (Wildman–Crippen MR) is 126 cm³/mol. The van der Waals surface area contributed by atoms with E-state index in [0.29, 0.717) is 17.8 Å². The molecule has 0 aliphatic rings. The van der Waals surface area contributed by atoms with Gasteiger partial charge in [0, 0.05) is 29.9 Å². The molecule has 0 saturated carbocycles. The Morgan fingerprint density at radius 2 is 1.97 bits per heavy atom. The second-order valence-electron chi connectivity index (χ2n) is 9.58. The molecule has 0 unspecified atom stereocenters. The predicted octanol–water partition coefficient (Wildman–Crippen LogP) is 6.08. The Morgan fingerprint density at radius 3 is 2.48 bits per heavy atom. The molecule has 0 aliphatic carbocycles. The molecule has 0 radical (unpaired) electrons. The van der Waals surface area contributed by atoms with Crippen LogP contribution in [0, 0.1) is 10.1 Å². The van der Waals surface area contributed by atoms with Crippen LogP contribution in [0.1, 0.15) is 31.1 Å². The number of nitrogens with zero attached hydrogens (tertiary/aromatic N) is 3. The van der Waals surface area contributed by atoms with Crippen molar-refractivity contribution < 1.29 is 28.0 Å². The number of carbonyl (C=O) groups excluding carboxylic acids is 1. The molecule has 1 aromatic heterocycles. The Morgan fingerprint density at radius 1 is 1.30 bits per heavy atom. The van der Waals surface area contributed by atoms with Gasteiger partial charge in [0.2, 0.25) is 0 Å². The summed E-state index contributed by atoms with van der Waals surface area (Å²) in [7, 11) is -1.36. The van der Waals surface area contributed by atoms with Crippen molar-refractivity contribution in [3.8, 4) is 17.0 Å². The van der Waals surface area contributed by atoms with E-state index in [-0.39, 0.29) is 39.7 Å². The summed E-state index contributed by atoms with van der Waals surface area (Å²) in [6, 6.07) is 3.52. The molecule has 12 heteroatoms. The fraction of sp³-hybridized carbons (Fsp3) is 0.524. The molecule has 8 nitrogen and oxygen atoms in total. The van der Waals surface area contributed by atoms with Crippen LogP contribution in [-0.2, 0) is 11.5 Å². The molecule has 182 valence electrons. The molecule has 0 bridgehead atoms. The minimum absolute atomic E-state index is 0.0307. The van der Waals surface area contributed by atoms with Gasteiger partial charge < -0.3 is 9.47 Å². The summed E-state index contributed by atoms with van der Waals surface area (Å²) in [5.74, 6) is -0.350. The number of rotatable bonds is 11. The Labute approximate surface area is 196 Å². The number of aromatic nitrogens is 2. The van der Waals surface area contributed by atoms with Gasteiger partial charge in [0.1, 0.15) is 18.7 Å². The molecule has 0 fully saturated rings. The van der Waals surface area contributed by atoms with Crippen molar-refractivity contribution in [2.75, 3.05) is 6.61 Å². The summed E-state index contributed by atoms with van der Waals surface area (Å²) < 4.78 is 37.6. The summed E-state index contributed by atoms with van der Waals surface area (Å²) in [4.78, 5) is 23.2. The highest BCUT2D eigenvalue weighted by atomic mass is 32.2. The number of ether oxygens (including phenoxy) is 2. The lowest BCUT2D eigenvalue weighted by Crippen LogP contribution is -2.22. The summed E-state index contributed by atoms with van der Waals surface area (Å²) >= 11 is 1.33. The maximum atomic E-state index is 13.2. The molecule has 2 aromatic rings. The number of benzene rings is 1. The quantitative estimate of drug-likeness (QED) is 0.0920. The molecular formula is C21H29F2N3O5SSi. The topological polar surface area (TPSA) is 96.5 Å². The van der Waals surface area contributed by atoms with Crippen molar-refractivity contribution in [1.82, 2.24) is 9.78 Å². The second-order valence-corrected chi connectivity index (χ2v) is 17.1. The lowest BCUT2D eigenvalue weighted by molar-refractivity contribution is -0.384. The van der Waals surface area contributed by atoms with Crippen LogP contribution < -0.4 is 4.74 Å². The summed E-state index contributed by atoms with van der Waals surface area (Å²) in [6.07, 6.45) is 1.59. The van der Waals surface area contributed by atoms with Crippen LogP contribution in [-0.4, -0.2) is 47.0 Å². The minimum atomic E-state index is -3.19. The number of nitro groups is 1. The summed E-state index contributed by atoms with van der Waals surface area (Å²) in [5.41, 5.74) is -0.231. The van der Waals surface area contributed by atoms with Crippen LogP contribution in [0.25, 0.3) is 11.3 Å². The first-order valence-corrected chi connectivity index (χ1v) is 14.8. The maximum absolute atomic E-state index is 13.2. The van der Waals surface area contributed by atoms with Gasteiger partial charge in [-0.25, -0.2) is 4.68 Å². The van der Waals surface area contributed by atoms with E-state index in [1.54, 1.807) is 0 Å². The van der Waals surface area contributed by atoms with Gasteiger partial charge in [-0.3, -0.25) is 14.9 Å². The minimum Gasteiger partial charge on any atom is -0.434 e. The molecule has 1 aromatic carbocycles. The van der Waals surface area contributed by atoms with E-state index in [0.717, 1.165) is 12.2 Å². The van der Waals surface area contributed by atoms with Gasteiger partial charge in [-0.05, 0) is 18.2 Å². The lowest BCUT2D eigenvalue weighted by Gasteiger charge is -2.21. The zero-order valence-corrected chi connectivity index (χ0v) is 21.4. The van der Waals surface area contributed by atoms with E-state index in [2.05, 4.69) is 29.5 Å². The van der Waals surface area contributed by atoms with Gasteiger partial charge in [-0.15, -0.1) is 11.8 Å².